The molecular weight excluding hydrogens is 268 g/mol. The molecular formula is C12H15BrN2O. The summed E-state index contributed by atoms with van der Waals surface area (Å²) < 4.78 is 0.751. The number of anilines is 1. The molecule has 0 saturated carbocycles. The van der Waals surface area contributed by atoms with Gasteiger partial charge in [-0.05, 0) is 48.8 Å². The van der Waals surface area contributed by atoms with Gasteiger partial charge in [-0.3, -0.25) is 0 Å². The number of halogens is 1. The van der Waals surface area contributed by atoms with Crippen LogP contribution in [0.25, 0.3) is 0 Å². The monoisotopic (exact) mass is 282 g/mol. The Balaban J connectivity index is 3.08. The summed E-state index contributed by atoms with van der Waals surface area (Å²) in [4.78, 5) is 0. The molecule has 0 amide bonds. The highest BCUT2D eigenvalue weighted by Gasteiger charge is 2.24. The van der Waals surface area contributed by atoms with E-state index in [0.29, 0.717) is 5.56 Å². The van der Waals surface area contributed by atoms with E-state index in [9.17, 15) is 5.11 Å². The first-order valence-electron chi connectivity index (χ1n) is 5.03. The number of nitriles is 1. The Morgan fingerprint density at radius 3 is 2.62 bits per heavy atom. The lowest BCUT2D eigenvalue weighted by molar-refractivity contribution is 0.133. The van der Waals surface area contributed by atoms with E-state index in [0.717, 1.165) is 10.2 Å². The van der Waals surface area contributed by atoms with Gasteiger partial charge in [0.25, 0.3) is 0 Å². The maximum absolute atomic E-state index is 9.62. The van der Waals surface area contributed by atoms with Gasteiger partial charge < -0.3 is 10.4 Å². The van der Waals surface area contributed by atoms with E-state index in [1.54, 1.807) is 6.92 Å². The van der Waals surface area contributed by atoms with Crippen molar-refractivity contribution in [3.8, 4) is 6.07 Å². The Morgan fingerprint density at radius 2 is 2.12 bits per heavy atom. The lowest BCUT2D eigenvalue weighted by Gasteiger charge is -2.31. The summed E-state index contributed by atoms with van der Waals surface area (Å²) in [7, 11) is 0. The number of aliphatic hydroxyl groups is 1. The molecule has 2 N–H and O–H groups in total. The zero-order valence-electron chi connectivity index (χ0n) is 9.58. The molecule has 1 rings (SSSR count). The molecule has 0 aliphatic carbocycles. The fourth-order valence-corrected chi connectivity index (χ4v) is 1.65. The van der Waals surface area contributed by atoms with Crippen LogP contribution in [0.4, 0.5) is 5.69 Å². The minimum atomic E-state index is -0.516. The molecule has 0 heterocycles. The Hall–Kier alpha value is -1.05. The molecule has 1 atom stereocenters. The molecule has 0 spiro atoms. The summed E-state index contributed by atoms with van der Waals surface area (Å²) in [6.45, 7) is 5.50. The van der Waals surface area contributed by atoms with Crippen molar-refractivity contribution in [2.75, 3.05) is 5.32 Å². The van der Waals surface area contributed by atoms with Crippen LogP contribution >= 0.6 is 15.9 Å². The second kappa shape index (κ2) is 4.86. The lowest BCUT2D eigenvalue weighted by Crippen LogP contribution is -2.42. The van der Waals surface area contributed by atoms with E-state index in [1.807, 2.05) is 32.0 Å². The van der Waals surface area contributed by atoms with Crippen molar-refractivity contribution < 1.29 is 5.11 Å². The van der Waals surface area contributed by atoms with Crippen LogP contribution < -0.4 is 5.32 Å². The van der Waals surface area contributed by atoms with Gasteiger partial charge in [0.2, 0.25) is 0 Å². The highest BCUT2D eigenvalue weighted by Crippen LogP contribution is 2.27. The van der Waals surface area contributed by atoms with Gasteiger partial charge in [-0.25, -0.2) is 0 Å². The van der Waals surface area contributed by atoms with Crippen LogP contribution in [0.3, 0.4) is 0 Å². The Bertz CT molecular complexity index is 422. The normalized spacial score (nSPS) is 13.0. The van der Waals surface area contributed by atoms with Crippen molar-refractivity contribution in [3.63, 3.8) is 0 Å². The van der Waals surface area contributed by atoms with Gasteiger partial charge in [0, 0.05) is 4.47 Å². The van der Waals surface area contributed by atoms with Crippen LogP contribution in [0, 0.1) is 11.3 Å². The summed E-state index contributed by atoms with van der Waals surface area (Å²) in [5, 5.41) is 21.8. The van der Waals surface area contributed by atoms with Crippen molar-refractivity contribution in [1.82, 2.24) is 0 Å². The summed E-state index contributed by atoms with van der Waals surface area (Å²) in [5.41, 5.74) is 0.797. The number of nitrogens with one attached hydrogen (secondary N) is 1. The number of hydrogen-bond acceptors (Lipinski definition) is 3. The zero-order valence-corrected chi connectivity index (χ0v) is 11.2. The van der Waals surface area contributed by atoms with Crippen molar-refractivity contribution in [1.29, 1.82) is 5.26 Å². The van der Waals surface area contributed by atoms with Gasteiger partial charge in [-0.2, -0.15) is 5.26 Å². The van der Waals surface area contributed by atoms with Crippen LogP contribution in [0.15, 0.2) is 22.7 Å². The predicted molar refractivity (Wildman–Crippen MR) is 68.2 cm³/mol. The molecule has 86 valence electrons. The largest absolute Gasteiger partial charge is 0.391 e. The minimum absolute atomic E-state index is 0.480. The maximum Gasteiger partial charge on any atom is 0.103 e. The topological polar surface area (TPSA) is 56.0 Å². The van der Waals surface area contributed by atoms with Crippen LogP contribution in [-0.4, -0.2) is 16.7 Å². The molecule has 4 heteroatoms. The Kier molecular flexibility index (Phi) is 3.95. The fraction of sp³-hybridized carbons (Fsp3) is 0.417. The van der Waals surface area contributed by atoms with E-state index in [1.165, 1.54) is 0 Å². The number of hydrogen-bond donors (Lipinski definition) is 2. The number of aliphatic hydroxyl groups excluding tert-OH is 1. The third-order valence-corrected chi connectivity index (χ3v) is 3.29. The van der Waals surface area contributed by atoms with Gasteiger partial charge in [0.15, 0.2) is 0 Å². The van der Waals surface area contributed by atoms with Crippen LogP contribution in [0.1, 0.15) is 26.3 Å². The molecule has 0 fully saturated rings. The summed E-state index contributed by atoms with van der Waals surface area (Å²) >= 11 is 3.33. The molecule has 1 aromatic carbocycles. The molecule has 0 bridgehead atoms. The molecule has 0 aliphatic heterocycles. The first kappa shape index (κ1) is 13.0. The predicted octanol–water partition coefficient (Wildman–Crippen LogP) is 2.89. The average molecular weight is 283 g/mol. The van der Waals surface area contributed by atoms with E-state index >= 15 is 0 Å². The summed E-state index contributed by atoms with van der Waals surface area (Å²) in [6, 6.07) is 7.63. The van der Waals surface area contributed by atoms with Gasteiger partial charge in [-0.1, -0.05) is 6.07 Å². The van der Waals surface area contributed by atoms with Gasteiger partial charge in [-0.15, -0.1) is 0 Å². The molecule has 0 saturated heterocycles. The fourth-order valence-electron chi connectivity index (χ4n) is 1.19. The van der Waals surface area contributed by atoms with Crippen molar-refractivity contribution in [2.24, 2.45) is 0 Å². The van der Waals surface area contributed by atoms with E-state index in [-0.39, 0.29) is 0 Å². The standard InChI is InChI=1S/C12H15BrN2O/c1-8(16)12(2,3)15-11-6-4-5-10(13)9(11)7-14/h4-6,8,15-16H,1-3H3. The van der Waals surface area contributed by atoms with Crippen molar-refractivity contribution in [2.45, 2.75) is 32.4 Å². The average Bonchev–Trinajstić information content (AvgIpc) is 2.17. The first-order chi connectivity index (χ1) is 7.38. The second-order valence-corrected chi connectivity index (χ2v) is 5.15. The molecule has 3 nitrogen and oxygen atoms in total. The molecule has 0 radical (unpaired) electrons. The minimum Gasteiger partial charge on any atom is -0.391 e. The third-order valence-electron chi connectivity index (χ3n) is 2.63. The van der Waals surface area contributed by atoms with Crippen molar-refractivity contribution >= 4 is 21.6 Å². The number of nitrogens with zero attached hydrogens (tertiary/aromatic N) is 1. The van der Waals surface area contributed by atoms with Crippen LogP contribution in [0.2, 0.25) is 0 Å². The third kappa shape index (κ3) is 2.75. The molecule has 0 aromatic heterocycles. The highest BCUT2D eigenvalue weighted by atomic mass is 79.9. The lowest BCUT2D eigenvalue weighted by atomic mass is 9.97. The molecule has 1 unspecified atom stereocenters. The quantitative estimate of drug-likeness (QED) is 0.896. The van der Waals surface area contributed by atoms with Gasteiger partial charge in [0.05, 0.1) is 22.9 Å². The summed E-state index contributed by atoms with van der Waals surface area (Å²) in [6.07, 6.45) is -0.516. The molecule has 16 heavy (non-hydrogen) atoms. The first-order valence-corrected chi connectivity index (χ1v) is 5.82. The highest BCUT2D eigenvalue weighted by molar-refractivity contribution is 9.10. The van der Waals surface area contributed by atoms with E-state index in [2.05, 4.69) is 27.3 Å². The zero-order chi connectivity index (χ0) is 12.3. The number of benzene rings is 1. The second-order valence-electron chi connectivity index (χ2n) is 4.30. The smallest absolute Gasteiger partial charge is 0.103 e. The van der Waals surface area contributed by atoms with Crippen LogP contribution in [0.5, 0.6) is 0 Å². The van der Waals surface area contributed by atoms with Gasteiger partial charge in [0.1, 0.15) is 6.07 Å². The number of rotatable bonds is 3. The summed E-state index contributed by atoms with van der Waals surface area (Å²) in [5.74, 6) is 0. The van der Waals surface area contributed by atoms with Crippen LogP contribution in [-0.2, 0) is 0 Å². The Morgan fingerprint density at radius 1 is 1.50 bits per heavy atom. The van der Waals surface area contributed by atoms with Crippen molar-refractivity contribution in [3.05, 3.63) is 28.2 Å². The van der Waals surface area contributed by atoms with E-state index < -0.39 is 11.6 Å². The molecule has 0 aliphatic rings. The Labute approximate surface area is 104 Å². The van der Waals surface area contributed by atoms with Gasteiger partial charge >= 0.3 is 0 Å². The maximum atomic E-state index is 9.62. The van der Waals surface area contributed by atoms with E-state index in [4.69, 9.17) is 5.26 Å². The molecule has 1 aromatic rings. The SMILES string of the molecule is CC(O)C(C)(C)Nc1cccc(Br)c1C#N.